The number of carboxylic acid groups (broad SMARTS) is 1. The zero-order valence-electron chi connectivity index (χ0n) is 11.2. The number of hydrogen-bond donors (Lipinski definition) is 3. The summed E-state index contributed by atoms with van der Waals surface area (Å²) < 4.78 is 0. The first-order valence-electron chi connectivity index (χ1n) is 6.33. The van der Waals surface area contributed by atoms with Crippen molar-refractivity contribution in [3.05, 3.63) is 23.8 Å². The molecule has 1 rings (SSSR count). The Hall–Kier alpha value is -1.71. The molecule has 18 heavy (non-hydrogen) atoms. The number of nitrogen functional groups attached to an aromatic ring is 1. The van der Waals surface area contributed by atoms with Crippen LogP contribution < -0.4 is 11.1 Å². The van der Waals surface area contributed by atoms with Gasteiger partial charge in [0.1, 0.15) is 0 Å². The molecule has 0 saturated heterocycles. The minimum Gasteiger partial charge on any atom is -0.478 e. The van der Waals surface area contributed by atoms with Crippen molar-refractivity contribution >= 4 is 17.3 Å². The number of anilines is 2. The number of aromatic carboxylic acids is 1. The molecule has 0 bridgehead atoms. The van der Waals surface area contributed by atoms with Crippen LogP contribution in [0.2, 0.25) is 0 Å². The molecule has 2 atom stereocenters. The fourth-order valence-corrected chi connectivity index (χ4v) is 1.94. The summed E-state index contributed by atoms with van der Waals surface area (Å²) in [6, 6.07) is 5.34. The standard InChI is InChI=1S/C14H22N2O2/c1-4-9(2)7-10(3)16-11-5-6-13(15)12(8-11)14(17)18/h5-6,8-10,16H,4,7,15H2,1-3H3,(H,17,18). The molecule has 4 heteroatoms. The summed E-state index contributed by atoms with van der Waals surface area (Å²) in [7, 11) is 0. The van der Waals surface area contributed by atoms with Crippen LogP contribution in [0.3, 0.4) is 0 Å². The molecule has 0 aliphatic carbocycles. The molecule has 4 N–H and O–H groups in total. The quantitative estimate of drug-likeness (QED) is 0.678. The van der Waals surface area contributed by atoms with Crippen LogP contribution in [0.5, 0.6) is 0 Å². The zero-order chi connectivity index (χ0) is 13.7. The van der Waals surface area contributed by atoms with E-state index in [1.54, 1.807) is 12.1 Å². The van der Waals surface area contributed by atoms with Gasteiger partial charge in [-0.1, -0.05) is 20.3 Å². The summed E-state index contributed by atoms with van der Waals surface area (Å²) >= 11 is 0. The Morgan fingerprint density at radius 3 is 2.67 bits per heavy atom. The van der Waals surface area contributed by atoms with Crippen LogP contribution in [-0.4, -0.2) is 17.1 Å². The molecule has 1 aromatic rings. The number of hydrogen-bond acceptors (Lipinski definition) is 3. The van der Waals surface area contributed by atoms with Gasteiger partial charge >= 0.3 is 5.97 Å². The van der Waals surface area contributed by atoms with Crippen molar-refractivity contribution in [2.45, 2.75) is 39.7 Å². The summed E-state index contributed by atoms with van der Waals surface area (Å²) in [5.74, 6) is -0.342. The molecule has 1 aromatic carbocycles. The molecule has 0 spiro atoms. The van der Waals surface area contributed by atoms with Gasteiger partial charge in [0.15, 0.2) is 0 Å². The SMILES string of the molecule is CCC(C)CC(C)Nc1ccc(N)c(C(=O)O)c1. The second-order valence-electron chi connectivity index (χ2n) is 4.90. The van der Waals surface area contributed by atoms with Crippen LogP contribution in [0.25, 0.3) is 0 Å². The highest BCUT2D eigenvalue weighted by atomic mass is 16.4. The van der Waals surface area contributed by atoms with Gasteiger partial charge in [0.25, 0.3) is 0 Å². The Kier molecular flexibility index (Phi) is 5.01. The molecule has 2 unspecified atom stereocenters. The van der Waals surface area contributed by atoms with Crippen LogP contribution in [0.1, 0.15) is 44.0 Å². The lowest BCUT2D eigenvalue weighted by Crippen LogP contribution is -2.18. The maximum atomic E-state index is 11.0. The van der Waals surface area contributed by atoms with Gasteiger partial charge < -0.3 is 16.2 Å². The highest BCUT2D eigenvalue weighted by Gasteiger charge is 2.11. The Labute approximate surface area is 108 Å². The van der Waals surface area contributed by atoms with Crippen molar-refractivity contribution < 1.29 is 9.90 Å². The average Bonchev–Trinajstić information content (AvgIpc) is 2.31. The van der Waals surface area contributed by atoms with E-state index in [0.29, 0.717) is 17.6 Å². The van der Waals surface area contributed by atoms with E-state index in [1.165, 1.54) is 0 Å². The summed E-state index contributed by atoms with van der Waals surface area (Å²) in [6.45, 7) is 6.48. The molecule has 4 nitrogen and oxygen atoms in total. The molecule has 0 fully saturated rings. The van der Waals surface area contributed by atoms with Crippen molar-refractivity contribution in [1.82, 2.24) is 0 Å². The van der Waals surface area contributed by atoms with Crippen molar-refractivity contribution in [3.8, 4) is 0 Å². The van der Waals surface area contributed by atoms with Gasteiger partial charge in [0.05, 0.1) is 5.56 Å². The predicted molar refractivity (Wildman–Crippen MR) is 75.0 cm³/mol. The van der Waals surface area contributed by atoms with Gasteiger partial charge in [-0.3, -0.25) is 0 Å². The monoisotopic (exact) mass is 250 g/mol. The number of nitrogens with two attached hydrogens (primary N) is 1. The Balaban J connectivity index is 2.73. The fraction of sp³-hybridized carbons (Fsp3) is 0.500. The first kappa shape index (κ1) is 14.4. The normalized spacial score (nSPS) is 13.9. The number of nitrogens with one attached hydrogen (secondary N) is 1. The molecule has 0 aromatic heterocycles. The average molecular weight is 250 g/mol. The Morgan fingerprint density at radius 2 is 2.11 bits per heavy atom. The number of benzene rings is 1. The van der Waals surface area contributed by atoms with Gasteiger partial charge in [-0.15, -0.1) is 0 Å². The highest BCUT2D eigenvalue weighted by Crippen LogP contribution is 2.20. The molecule has 0 aliphatic rings. The van der Waals surface area contributed by atoms with Gasteiger partial charge in [0.2, 0.25) is 0 Å². The van der Waals surface area contributed by atoms with Gasteiger partial charge in [0, 0.05) is 17.4 Å². The van der Waals surface area contributed by atoms with Crippen molar-refractivity contribution in [1.29, 1.82) is 0 Å². The largest absolute Gasteiger partial charge is 0.478 e. The van der Waals surface area contributed by atoms with E-state index in [1.807, 2.05) is 6.07 Å². The van der Waals surface area contributed by atoms with Crippen LogP contribution in [0.15, 0.2) is 18.2 Å². The zero-order valence-corrected chi connectivity index (χ0v) is 11.2. The second kappa shape index (κ2) is 6.28. The summed E-state index contributed by atoms with van der Waals surface area (Å²) in [5, 5.41) is 12.3. The van der Waals surface area contributed by atoms with Crippen LogP contribution >= 0.6 is 0 Å². The lowest BCUT2D eigenvalue weighted by atomic mass is 10.00. The number of rotatable bonds is 6. The second-order valence-corrected chi connectivity index (χ2v) is 4.90. The smallest absolute Gasteiger partial charge is 0.337 e. The lowest BCUT2D eigenvalue weighted by Gasteiger charge is -2.19. The molecule has 0 radical (unpaired) electrons. The van der Waals surface area contributed by atoms with Crippen molar-refractivity contribution in [2.75, 3.05) is 11.1 Å². The molecule has 0 heterocycles. The van der Waals surface area contributed by atoms with Crippen LogP contribution in [0, 0.1) is 5.92 Å². The van der Waals surface area contributed by atoms with Crippen LogP contribution in [0.4, 0.5) is 11.4 Å². The van der Waals surface area contributed by atoms with E-state index in [2.05, 4.69) is 26.1 Å². The van der Waals surface area contributed by atoms with Crippen molar-refractivity contribution in [2.24, 2.45) is 5.92 Å². The fourth-order valence-electron chi connectivity index (χ4n) is 1.94. The summed E-state index contributed by atoms with van der Waals surface area (Å²) in [6.07, 6.45) is 2.21. The van der Waals surface area contributed by atoms with Gasteiger partial charge in [-0.25, -0.2) is 4.79 Å². The third-order valence-electron chi connectivity index (χ3n) is 3.15. The molecular formula is C14H22N2O2. The third kappa shape index (κ3) is 3.95. The minimum atomic E-state index is -0.995. The Bertz CT molecular complexity index is 418. The minimum absolute atomic E-state index is 0.149. The van der Waals surface area contributed by atoms with E-state index in [9.17, 15) is 4.79 Å². The summed E-state index contributed by atoms with van der Waals surface area (Å²) in [4.78, 5) is 11.0. The van der Waals surface area contributed by atoms with E-state index < -0.39 is 5.97 Å². The topological polar surface area (TPSA) is 75.3 Å². The van der Waals surface area contributed by atoms with E-state index in [-0.39, 0.29) is 5.56 Å². The van der Waals surface area contributed by atoms with Crippen LogP contribution in [-0.2, 0) is 0 Å². The number of carbonyl (C=O) groups is 1. The number of carboxylic acids is 1. The highest BCUT2D eigenvalue weighted by molar-refractivity contribution is 5.94. The van der Waals surface area contributed by atoms with E-state index in [4.69, 9.17) is 10.8 Å². The molecule has 0 aliphatic heterocycles. The van der Waals surface area contributed by atoms with Gasteiger partial charge in [-0.2, -0.15) is 0 Å². The third-order valence-corrected chi connectivity index (χ3v) is 3.15. The van der Waals surface area contributed by atoms with E-state index in [0.717, 1.165) is 18.5 Å². The Morgan fingerprint density at radius 1 is 1.44 bits per heavy atom. The van der Waals surface area contributed by atoms with E-state index >= 15 is 0 Å². The van der Waals surface area contributed by atoms with Crippen molar-refractivity contribution in [3.63, 3.8) is 0 Å². The maximum absolute atomic E-state index is 11.0. The lowest BCUT2D eigenvalue weighted by molar-refractivity contribution is 0.0698. The summed E-state index contributed by atoms with van der Waals surface area (Å²) in [5.41, 5.74) is 6.86. The molecular weight excluding hydrogens is 228 g/mol. The molecule has 100 valence electrons. The first-order chi connectivity index (χ1) is 8.43. The predicted octanol–water partition coefficient (Wildman–Crippen LogP) is 3.20. The first-order valence-corrected chi connectivity index (χ1v) is 6.33. The maximum Gasteiger partial charge on any atom is 0.337 e. The molecule has 0 amide bonds. The molecule has 0 saturated carbocycles. The van der Waals surface area contributed by atoms with Gasteiger partial charge in [-0.05, 0) is 37.5 Å².